The molecule has 174 valence electrons. The number of anilines is 1. The van der Waals surface area contributed by atoms with Gasteiger partial charge < -0.3 is 9.73 Å². The van der Waals surface area contributed by atoms with Crippen LogP contribution in [0.3, 0.4) is 0 Å². The van der Waals surface area contributed by atoms with Gasteiger partial charge in [0.15, 0.2) is 5.76 Å². The zero-order valence-corrected chi connectivity index (χ0v) is 21.2. The molecule has 4 rings (SSSR count). The highest BCUT2D eigenvalue weighted by Gasteiger charge is 2.37. The molecule has 3 aromatic carbocycles. The number of hydrogen-bond donors (Lipinski definition) is 1. The number of furan rings is 1. The summed E-state index contributed by atoms with van der Waals surface area (Å²) in [4.78, 5) is 29.3. The first-order valence-corrected chi connectivity index (χ1v) is 11.9. The fourth-order valence-corrected chi connectivity index (χ4v) is 4.33. The average molecular weight is 519 g/mol. The van der Waals surface area contributed by atoms with Crippen molar-refractivity contribution in [3.8, 4) is 0 Å². The molecule has 6 heteroatoms. The van der Waals surface area contributed by atoms with Crippen LogP contribution in [0.1, 0.15) is 48.5 Å². The third kappa shape index (κ3) is 5.07. The molecule has 2 amide bonds. The van der Waals surface area contributed by atoms with Crippen molar-refractivity contribution >= 4 is 44.4 Å². The van der Waals surface area contributed by atoms with E-state index in [2.05, 4.69) is 21.2 Å². The van der Waals surface area contributed by atoms with Gasteiger partial charge in [-0.05, 0) is 63.6 Å². The van der Waals surface area contributed by atoms with Crippen molar-refractivity contribution in [2.75, 3.05) is 4.90 Å². The summed E-state index contributed by atoms with van der Waals surface area (Å²) in [6.07, 6.45) is 0. The molecule has 0 bridgehead atoms. The van der Waals surface area contributed by atoms with Crippen molar-refractivity contribution < 1.29 is 14.0 Å². The topological polar surface area (TPSA) is 62.6 Å². The molecule has 0 aliphatic rings. The zero-order valence-electron chi connectivity index (χ0n) is 19.6. The number of aryl methyl sites for hydroxylation is 1. The molecule has 1 N–H and O–H groups in total. The predicted octanol–water partition coefficient (Wildman–Crippen LogP) is 6.81. The maximum Gasteiger partial charge on any atom is 0.295 e. The molecule has 0 fully saturated rings. The van der Waals surface area contributed by atoms with Crippen molar-refractivity contribution in [1.82, 2.24) is 5.32 Å². The van der Waals surface area contributed by atoms with Crippen LogP contribution in [0, 0.1) is 6.92 Å². The smallest absolute Gasteiger partial charge is 0.295 e. The third-order valence-electron chi connectivity index (χ3n) is 5.37. The molecule has 5 nitrogen and oxygen atoms in total. The minimum atomic E-state index is -0.932. The number of hydrogen-bond acceptors (Lipinski definition) is 3. The van der Waals surface area contributed by atoms with E-state index >= 15 is 0 Å². The fourth-order valence-electron chi connectivity index (χ4n) is 3.83. The number of carbonyl (C=O) groups is 2. The Morgan fingerprint density at radius 2 is 1.59 bits per heavy atom. The van der Waals surface area contributed by atoms with E-state index in [1.54, 1.807) is 6.07 Å². The lowest BCUT2D eigenvalue weighted by Gasteiger charge is -2.33. The second kappa shape index (κ2) is 9.47. The highest BCUT2D eigenvalue weighted by molar-refractivity contribution is 9.10. The molecule has 0 aliphatic heterocycles. The monoisotopic (exact) mass is 518 g/mol. The van der Waals surface area contributed by atoms with E-state index in [0.717, 1.165) is 15.4 Å². The number of para-hydroxylation sites is 1. The lowest BCUT2D eigenvalue weighted by atomic mass is 10.00. The van der Waals surface area contributed by atoms with Crippen LogP contribution in [-0.4, -0.2) is 17.4 Å². The number of rotatable bonds is 5. The maximum atomic E-state index is 14.0. The SMILES string of the molecule is Cc1ccc(N(C(=O)c2cc3ccccc3o2)C(C(=O)NC(C)(C)C)c2ccccc2Br)cc1. The van der Waals surface area contributed by atoms with Gasteiger partial charge in [-0.15, -0.1) is 0 Å². The van der Waals surface area contributed by atoms with Crippen LogP contribution in [0.5, 0.6) is 0 Å². The first-order valence-electron chi connectivity index (χ1n) is 11.1. The van der Waals surface area contributed by atoms with Crippen molar-refractivity contribution in [3.63, 3.8) is 0 Å². The Hall–Kier alpha value is -3.38. The van der Waals surface area contributed by atoms with E-state index in [1.165, 1.54) is 4.90 Å². The molecule has 0 radical (unpaired) electrons. The van der Waals surface area contributed by atoms with Gasteiger partial charge >= 0.3 is 0 Å². The summed E-state index contributed by atoms with van der Waals surface area (Å²) in [5, 5.41) is 3.88. The van der Waals surface area contributed by atoms with Gasteiger partial charge in [-0.1, -0.05) is 70.0 Å². The number of halogens is 1. The van der Waals surface area contributed by atoms with Gasteiger partial charge in [0.25, 0.3) is 5.91 Å². The summed E-state index contributed by atoms with van der Waals surface area (Å²) in [6, 6.07) is 23.3. The lowest BCUT2D eigenvalue weighted by molar-refractivity contribution is -0.123. The highest BCUT2D eigenvalue weighted by Crippen LogP contribution is 2.35. The Morgan fingerprint density at radius 1 is 0.941 bits per heavy atom. The van der Waals surface area contributed by atoms with E-state index in [4.69, 9.17) is 4.42 Å². The van der Waals surface area contributed by atoms with Crippen molar-refractivity contribution in [1.29, 1.82) is 0 Å². The van der Waals surface area contributed by atoms with Gasteiger partial charge in [0, 0.05) is 21.1 Å². The van der Waals surface area contributed by atoms with Gasteiger partial charge in [0.2, 0.25) is 5.91 Å². The minimum absolute atomic E-state index is 0.169. The number of carbonyl (C=O) groups excluding carboxylic acids is 2. The van der Waals surface area contributed by atoms with E-state index < -0.39 is 17.5 Å². The Labute approximate surface area is 207 Å². The van der Waals surface area contributed by atoms with Crippen LogP contribution in [0.25, 0.3) is 11.0 Å². The van der Waals surface area contributed by atoms with Crippen molar-refractivity contribution in [2.24, 2.45) is 0 Å². The Morgan fingerprint density at radius 3 is 2.24 bits per heavy atom. The molecule has 1 atom stereocenters. The number of amides is 2. The second-order valence-corrected chi connectivity index (χ2v) is 10.2. The Balaban J connectivity index is 1.90. The van der Waals surface area contributed by atoms with Crippen LogP contribution in [0.2, 0.25) is 0 Å². The molecule has 0 saturated heterocycles. The van der Waals surface area contributed by atoms with Gasteiger partial charge in [-0.3, -0.25) is 14.5 Å². The van der Waals surface area contributed by atoms with E-state index in [0.29, 0.717) is 16.8 Å². The molecule has 4 aromatic rings. The molecule has 1 aromatic heterocycles. The largest absolute Gasteiger partial charge is 0.451 e. The number of nitrogens with zero attached hydrogens (tertiary/aromatic N) is 1. The summed E-state index contributed by atoms with van der Waals surface area (Å²) in [5.74, 6) is -0.517. The van der Waals surface area contributed by atoms with Crippen LogP contribution >= 0.6 is 15.9 Å². The summed E-state index contributed by atoms with van der Waals surface area (Å²) in [6.45, 7) is 7.73. The fraction of sp³-hybridized carbons (Fsp3) is 0.214. The predicted molar refractivity (Wildman–Crippen MR) is 139 cm³/mol. The molecule has 0 aliphatic carbocycles. The van der Waals surface area contributed by atoms with E-state index in [1.807, 2.05) is 100 Å². The molecule has 34 heavy (non-hydrogen) atoms. The molecule has 1 unspecified atom stereocenters. The van der Waals surface area contributed by atoms with Gasteiger partial charge in [-0.25, -0.2) is 0 Å². The van der Waals surface area contributed by atoms with E-state index in [-0.39, 0.29) is 11.7 Å². The molecular formula is C28H27BrN2O3. The zero-order chi connectivity index (χ0) is 24.5. The summed E-state index contributed by atoms with van der Waals surface area (Å²) in [5.41, 5.74) is 2.45. The van der Waals surface area contributed by atoms with Crippen LogP contribution < -0.4 is 10.2 Å². The van der Waals surface area contributed by atoms with Gasteiger partial charge in [-0.2, -0.15) is 0 Å². The van der Waals surface area contributed by atoms with Crippen molar-refractivity contribution in [3.05, 3.63) is 100 Å². The van der Waals surface area contributed by atoms with E-state index in [9.17, 15) is 9.59 Å². The molecular weight excluding hydrogens is 492 g/mol. The maximum absolute atomic E-state index is 14.0. The van der Waals surface area contributed by atoms with Crippen molar-refractivity contribution in [2.45, 2.75) is 39.3 Å². The van der Waals surface area contributed by atoms with Crippen LogP contribution in [0.15, 0.2) is 87.8 Å². The normalized spacial score (nSPS) is 12.4. The quantitative estimate of drug-likeness (QED) is 0.315. The summed E-state index contributed by atoms with van der Waals surface area (Å²) in [7, 11) is 0. The summed E-state index contributed by atoms with van der Waals surface area (Å²) >= 11 is 3.59. The Bertz CT molecular complexity index is 1300. The number of benzene rings is 3. The first kappa shape index (κ1) is 23.8. The number of nitrogens with one attached hydrogen (secondary N) is 1. The van der Waals surface area contributed by atoms with Gasteiger partial charge in [0.1, 0.15) is 11.6 Å². The molecule has 0 saturated carbocycles. The van der Waals surface area contributed by atoms with Crippen LogP contribution in [0.4, 0.5) is 5.69 Å². The number of fused-ring (bicyclic) bond motifs is 1. The summed E-state index contributed by atoms with van der Waals surface area (Å²) < 4.78 is 6.65. The highest BCUT2D eigenvalue weighted by atomic mass is 79.9. The third-order valence-corrected chi connectivity index (χ3v) is 6.09. The molecule has 1 heterocycles. The Kier molecular flexibility index (Phi) is 6.62. The lowest BCUT2D eigenvalue weighted by Crippen LogP contribution is -2.49. The standard InChI is InChI=1S/C28H27BrN2O3/c1-18-13-15-20(16-14-18)31(27(33)24-17-19-9-5-8-12-23(19)34-24)25(26(32)30-28(2,3)4)21-10-6-7-11-22(21)29/h5-17,25H,1-4H3,(H,30,32). The minimum Gasteiger partial charge on any atom is -0.451 e. The average Bonchev–Trinajstić information content (AvgIpc) is 3.22. The van der Waals surface area contributed by atoms with Crippen LogP contribution in [-0.2, 0) is 4.79 Å². The molecule has 0 spiro atoms. The second-order valence-electron chi connectivity index (χ2n) is 9.32. The first-order chi connectivity index (χ1) is 16.1. The van der Waals surface area contributed by atoms with Gasteiger partial charge in [0.05, 0.1) is 0 Å².